The SMILES string of the molecule is CCCCOCCOCCOCCS(=O)CC(=O)O. The van der Waals surface area contributed by atoms with Gasteiger partial charge in [0.25, 0.3) is 0 Å². The molecule has 0 aromatic carbocycles. The number of carboxylic acids is 1. The summed E-state index contributed by atoms with van der Waals surface area (Å²) in [6.45, 7) is 5.17. The van der Waals surface area contributed by atoms with Gasteiger partial charge in [0, 0.05) is 23.2 Å². The van der Waals surface area contributed by atoms with E-state index in [1.54, 1.807) is 0 Å². The van der Waals surface area contributed by atoms with Crippen LogP contribution in [0.15, 0.2) is 0 Å². The third kappa shape index (κ3) is 15.4. The fourth-order valence-electron chi connectivity index (χ4n) is 1.15. The highest BCUT2D eigenvalue weighted by atomic mass is 32.2. The van der Waals surface area contributed by atoms with Gasteiger partial charge in [-0.1, -0.05) is 13.3 Å². The molecule has 0 saturated heterocycles. The first-order chi connectivity index (χ1) is 9.16. The van der Waals surface area contributed by atoms with Crippen LogP contribution < -0.4 is 0 Å². The van der Waals surface area contributed by atoms with Crippen molar-refractivity contribution in [3.8, 4) is 0 Å². The number of aliphatic carboxylic acids is 1. The molecular weight excluding hydrogens is 272 g/mol. The highest BCUT2D eigenvalue weighted by Crippen LogP contribution is 1.88. The average Bonchev–Trinajstić information content (AvgIpc) is 2.35. The Morgan fingerprint density at radius 2 is 1.53 bits per heavy atom. The fraction of sp³-hybridized carbons (Fsp3) is 0.917. The van der Waals surface area contributed by atoms with Crippen LogP contribution in [0.3, 0.4) is 0 Å². The number of ether oxygens (including phenoxy) is 3. The lowest BCUT2D eigenvalue weighted by Crippen LogP contribution is -2.16. The van der Waals surface area contributed by atoms with Crippen molar-refractivity contribution in [2.75, 3.05) is 51.1 Å². The lowest BCUT2D eigenvalue weighted by Gasteiger charge is -2.06. The minimum atomic E-state index is -1.35. The zero-order valence-corrected chi connectivity index (χ0v) is 12.3. The molecule has 1 unspecified atom stereocenters. The van der Waals surface area contributed by atoms with E-state index in [1.807, 2.05) is 0 Å². The van der Waals surface area contributed by atoms with Gasteiger partial charge in [-0.3, -0.25) is 9.00 Å². The molecule has 19 heavy (non-hydrogen) atoms. The zero-order valence-electron chi connectivity index (χ0n) is 11.5. The van der Waals surface area contributed by atoms with Gasteiger partial charge in [-0.2, -0.15) is 0 Å². The summed E-state index contributed by atoms with van der Waals surface area (Å²) in [5.74, 6) is -1.13. The van der Waals surface area contributed by atoms with E-state index in [9.17, 15) is 9.00 Å². The molecule has 0 aliphatic carbocycles. The Labute approximate surface area is 116 Å². The van der Waals surface area contributed by atoms with Crippen molar-refractivity contribution >= 4 is 16.8 Å². The number of carboxylic acid groups (broad SMARTS) is 1. The number of unbranched alkanes of at least 4 members (excludes halogenated alkanes) is 1. The monoisotopic (exact) mass is 296 g/mol. The van der Waals surface area contributed by atoms with Crippen LogP contribution in [0.1, 0.15) is 19.8 Å². The van der Waals surface area contributed by atoms with Gasteiger partial charge in [0.2, 0.25) is 0 Å². The summed E-state index contributed by atoms with van der Waals surface area (Å²) in [5.41, 5.74) is 0. The van der Waals surface area contributed by atoms with E-state index < -0.39 is 16.8 Å². The van der Waals surface area contributed by atoms with Gasteiger partial charge < -0.3 is 19.3 Å². The summed E-state index contributed by atoms with van der Waals surface area (Å²) < 4.78 is 26.9. The van der Waals surface area contributed by atoms with Gasteiger partial charge in [-0.25, -0.2) is 0 Å². The van der Waals surface area contributed by atoms with E-state index in [0.717, 1.165) is 19.4 Å². The van der Waals surface area contributed by atoms with E-state index in [0.29, 0.717) is 26.4 Å². The van der Waals surface area contributed by atoms with Gasteiger partial charge in [0.1, 0.15) is 5.75 Å². The van der Waals surface area contributed by atoms with Crippen LogP contribution in [0.4, 0.5) is 0 Å². The van der Waals surface area contributed by atoms with Gasteiger partial charge in [-0.05, 0) is 6.42 Å². The lowest BCUT2D eigenvalue weighted by atomic mass is 10.4. The van der Waals surface area contributed by atoms with Crippen molar-refractivity contribution in [1.29, 1.82) is 0 Å². The highest BCUT2D eigenvalue weighted by molar-refractivity contribution is 7.85. The van der Waals surface area contributed by atoms with Crippen LogP contribution in [0.2, 0.25) is 0 Å². The molecular formula is C12H24O6S. The Morgan fingerprint density at radius 3 is 2.05 bits per heavy atom. The predicted octanol–water partition coefficient (Wildman–Crippen LogP) is 0.670. The summed E-state index contributed by atoms with van der Waals surface area (Å²) in [5, 5.41) is 8.40. The third-order valence-electron chi connectivity index (χ3n) is 2.13. The van der Waals surface area contributed by atoms with Gasteiger partial charge in [0.15, 0.2) is 0 Å². The average molecular weight is 296 g/mol. The van der Waals surface area contributed by atoms with Crippen LogP contribution in [-0.2, 0) is 29.8 Å². The Balaban J connectivity index is 3.10. The quantitative estimate of drug-likeness (QED) is 0.474. The zero-order chi connectivity index (χ0) is 14.3. The summed E-state index contributed by atoms with van der Waals surface area (Å²) in [6.07, 6.45) is 2.19. The van der Waals surface area contributed by atoms with Crippen molar-refractivity contribution in [2.45, 2.75) is 19.8 Å². The van der Waals surface area contributed by atoms with Crippen LogP contribution in [0.25, 0.3) is 0 Å². The molecule has 0 amide bonds. The minimum absolute atomic E-state index is 0.242. The Morgan fingerprint density at radius 1 is 1.00 bits per heavy atom. The number of hydrogen-bond donors (Lipinski definition) is 1. The Bertz CT molecular complexity index is 246. The molecule has 0 fully saturated rings. The summed E-state index contributed by atoms with van der Waals surface area (Å²) in [7, 11) is -1.35. The van der Waals surface area contributed by atoms with Crippen molar-refractivity contribution in [2.24, 2.45) is 0 Å². The summed E-state index contributed by atoms with van der Waals surface area (Å²) in [4.78, 5) is 10.2. The maximum Gasteiger partial charge on any atom is 0.316 e. The first kappa shape index (κ1) is 18.5. The first-order valence-corrected chi connectivity index (χ1v) is 7.95. The maximum absolute atomic E-state index is 11.1. The smallest absolute Gasteiger partial charge is 0.316 e. The largest absolute Gasteiger partial charge is 0.481 e. The molecule has 0 rings (SSSR count). The predicted molar refractivity (Wildman–Crippen MR) is 72.9 cm³/mol. The van der Waals surface area contributed by atoms with Crippen molar-refractivity contribution in [1.82, 2.24) is 0 Å². The topological polar surface area (TPSA) is 82.1 Å². The molecule has 6 nitrogen and oxygen atoms in total. The van der Waals surface area contributed by atoms with Gasteiger partial charge >= 0.3 is 5.97 Å². The van der Waals surface area contributed by atoms with E-state index >= 15 is 0 Å². The second kappa shape index (κ2) is 13.9. The van der Waals surface area contributed by atoms with Gasteiger partial charge in [-0.15, -0.1) is 0 Å². The molecule has 1 N–H and O–H groups in total. The second-order valence-electron chi connectivity index (χ2n) is 3.87. The summed E-state index contributed by atoms with van der Waals surface area (Å²) in [6, 6.07) is 0. The van der Waals surface area contributed by atoms with E-state index in [1.165, 1.54) is 0 Å². The Hall–Kier alpha value is -0.500. The van der Waals surface area contributed by atoms with Crippen molar-refractivity contribution < 1.29 is 28.3 Å². The number of carbonyl (C=O) groups is 1. The third-order valence-corrected chi connectivity index (χ3v) is 3.32. The maximum atomic E-state index is 11.1. The molecule has 0 aromatic heterocycles. The molecule has 1 atom stereocenters. The molecule has 0 aliphatic heterocycles. The molecule has 0 aliphatic rings. The van der Waals surface area contributed by atoms with Crippen LogP contribution in [0, 0.1) is 0 Å². The molecule has 0 aromatic rings. The van der Waals surface area contributed by atoms with Crippen LogP contribution in [-0.4, -0.2) is 66.4 Å². The van der Waals surface area contributed by atoms with E-state index in [2.05, 4.69) is 6.92 Å². The lowest BCUT2D eigenvalue weighted by molar-refractivity contribution is -0.133. The van der Waals surface area contributed by atoms with E-state index in [-0.39, 0.29) is 18.1 Å². The standard InChI is InChI=1S/C12H24O6S/c1-2-3-4-16-5-6-17-7-8-18-9-10-19(15)11-12(13)14/h2-11H2,1H3,(H,13,14). The van der Waals surface area contributed by atoms with Crippen molar-refractivity contribution in [3.63, 3.8) is 0 Å². The van der Waals surface area contributed by atoms with E-state index in [4.69, 9.17) is 19.3 Å². The first-order valence-electron chi connectivity index (χ1n) is 6.46. The molecule has 0 saturated carbocycles. The highest BCUT2D eigenvalue weighted by Gasteiger charge is 2.05. The molecule has 114 valence electrons. The second-order valence-corrected chi connectivity index (χ2v) is 5.45. The van der Waals surface area contributed by atoms with Crippen molar-refractivity contribution in [3.05, 3.63) is 0 Å². The fourth-order valence-corrected chi connectivity index (χ4v) is 1.87. The molecule has 0 spiro atoms. The summed E-state index contributed by atoms with van der Waals surface area (Å²) >= 11 is 0. The molecule has 0 bridgehead atoms. The molecule has 7 heteroatoms. The van der Waals surface area contributed by atoms with Gasteiger partial charge in [0.05, 0.1) is 33.0 Å². The minimum Gasteiger partial charge on any atom is -0.481 e. The molecule has 0 radical (unpaired) electrons. The van der Waals surface area contributed by atoms with Crippen LogP contribution in [0.5, 0.6) is 0 Å². The molecule has 0 heterocycles. The van der Waals surface area contributed by atoms with Crippen LogP contribution >= 0.6 is 0 Å². The number of rotatable bonds is 14. The number of hydrogen-bond acceptors (Lipinski definition) is 5. The Kier molecular flexibility index (Phi) is 13.6. The normalized spacial score (nSPS) is 12.5.